The van der Waals surface area contributed by atoms with E-state index in [1.807, 2.05) is 97.1 Å². The Labute approximate surface area is 361 Å². The molecule has 0 radical (unpaired) electrons. The molecular weight excluding hydrogens is 805 g/mol. The number of carbonyl (C=O) groups is 3. The molecule has 318 valence electrons. The predicted octanol–water partition coefficient (Wildman–Crippen LogP) is 7.86. The van der Waals surface area contributed by atoms with Crippen molar-refractivity contribution in [3.8, 4) is 34.1 Å². The molecule has 8 rings (SSSR count). The van der Waals surface area contributed by atoms with Crippen LogP contribution in [0.25, 0.3) is 21.9 Å². The van der Waals surface area contributed by atoms with Crippen molar-refractivity contribution in [1.29, 1.82) is 0 Å². The second kappa shape index (κ2) is 18.5. The number of amides is 3. The van der Waals surface area contributed by atoms with Gasteiger partial charge >= 0.3 is 0 Å². The molecule has 0 aromatic heterocycles. The summed E-state index contributed by atoms with van der Waals surface area (Å²) in [5, 5.41) is 7.65. The molecule has 2 aliphatic heterocycles. The van der Waals surface area contributed by atoms with E-state index >= 15 is 0 Å². The Balaban J connectivity index is 0.892. The number of imide groups is 1. The second-order valence-electron chi connectivity index (χ2n) is 15.4. The molecule has 3 amide bonds. The highest BCUT2D eigenvalue weighted by Gasteiger charge is 2.39. The second-order valence-corrected chi connectivity index (χ2v) is 17.4. The number of hydrogen-bond acceptors (Lipinski definition) is 10. The Morgan fingerprint density at radius 2 is 1.55 bits per heavy atom. The number of anilines is 1. The van der Waals surface area contributed by atoms with Gasteiger partial charge in [0.25, 0.3) is 5.91 Å². The molecule has 0 bridgehead atoms. The van der Waals surface area contributed by atoms with Crippen LogP contribution in [0.15, 0.2) is 132 Å². The van der Waals surface area contributed by atoms with E-state index in [9.17, 15) is 22.8 Å². The van der Waals surface area contributed by atoms with Crippen LogP contribution in [0.5, 0.6) is 23.0 Å². The fourth-order valence-electron chi connectivity index (χ4n) is 7.87. The van der Waals surface area contributed by atoms with Crippen LogP contribution < -0.4 is 24.8 Å². The van der Waals surface area contributed by atoms with Crippen molar-refractivity contribution in [3.05, 3.63) is 144 Å². The van der Waals surface area contributed by atoms with E-state index in [0.29, 0.717) is 62.1 Å². The van der Waals surface area contributed by atoms with Gasteiger partial charge in [-0.15, -0.1) is 0 Å². The minimum atomic E-state index is -3.36. The third-order valence-corrected chi connectivity index (χ3v) is 12.4. The minimum Gasteiger partial charge on any atom is -0.492 e. The van der Waals surface area contributed by atoms with Gasteiger partial charge in [0.05, 0.1) is 4.90 Å². The lowest BCUT2D eigenvalue weighted by atomic mass is 9.99. The first-order chi connectivity index (χ1) is 30.0. The molecule has 1 unspecified atom stereocenters. The third kappa shape index (κ3) is 9.59. The van der Waals surface area contributed by atoms with Gasteiger partial charge in [-0.1, -0.05) is 61.5 Å². The van der Waals surface area contributed by atoms with Crippen molar-refractivity contribution in [2.75, 3.05) is 44.4 Å². The highest BCUT2D eigenvalue weighted by Crippen LogP contribution is 2.41. The summed E-state index contributed by atoms with van der Waals surface area (Å²) in [4.78, 5) is 41.5. The highest BCUT2D eigenvalue weighted by atomic mass is 32.2. The normalized spacial score (nSPS) is 15.1. The first kappa shape index (κ1) is 42.0. The van der Waals surface area contributed by atoms with Crippen molar-refractivity contribution in [2.24, 2.45) is 0 Å². The van der Waals surface area contributed by atoms with Crippen molar-refractivity contribution in [3.63, 3.8) is 0 Å². The smallest absolute Gasteiger partial charge is 0.255 e. The largest absolute Gasteiger partial charge is 0.492 e. The van der Waals surface area contributed by atoms with Gasteiger partial charge in [0.2, 0.25) is 11.8 Å². The Bertz CT molecular complexity index is 2710. The molecule has 62 heavy (non-hydrogen) atoms. The van der Waals surface area contributed by atoms with Crippen molar-refractivity contribution in [1.82, 2.24) is 15.1 Å². The summed E-state index contributed by atoms with van der Waals surface area (Å²) in [6, 6.07) is 39.1. The van der Waals surface area contributed by atoms with E-state index in [0.717, 1.165) is 57.6 Å². The average molecular weight is 853 g/mol. The number of fused-ring (bicyclic) bond motifs is 2. The molecule has 13 heteroatoms. The maximum Gasteiger partial charge on any atom is 0.255 e. The van der Waals surface area contributed by atoms with Crippen LogP contribution in [0, 0.1) is 0 Å². The fraction of sp³-hybridized carbons (Fsp3) is 0.245. The van der Waals surface area contributed by atoms with Crippen LogP contribution >= 0.6 is 0 Å². The Hall–Kier alpha value is -6.70. The molecule has 12 nitrogen and oxygen atoms in total. The van der Waals surface area contributed by atoms with Crippen molar-refractivity contribution >= 4 is 44.0 Å². The number of carbonyl (C=O) groups excluding carboxylic acids is 3. The molecule has 1 saturated heterocycles. The number of benzene rings is 6. The molecule has 0 saturated carbocycles. The third-order valence-electron chi connectivity index (χ3n) is 11.3. The lowest BCUT2D eigenvalue weighted by Crippen LogP contribution is -2.52. The Kier molecular flexibility index (Phi) is 12.5. The number of rotatable bonds is 17. The molecule has 1 atom stereocenters. The van der Waals surface area contributed by atoms with E-state index in [1.54, 1.807) is 35.2 Å². The lowest BCUT2D eigenvalue weighted by Gasteiger charge is -2.29. The summed E-state index contributed by atoms with van der Waals surface area (Å²) in [6.07, 6.45) is 1.74. The van der Waals surface area contributed by atoms with Gasteiger partial charge in [0.1, 0.15) is 42.3 Å². The molecule has 2 heterocycles. The van der Waals surface area contributed by atoms with E-state index in [1.165, 1.54) is 6.26 Å². The zero-order chi connectivity index (χ0) is 43.2. The summed E-state index contributed by atoms with van der Waals surface area (Å²) in [6.45, 7) is 6.22. The van der Waals surface area contributed by atoms with E-state index in [-0.39, 0.29) is 23.1 Å². The zero-order valence-electron chi connectivity index (χ0n) is 34.6. The summed E-state index contributed by atoms with van der Waals surface area (Å²) in [5.41, 5.74) is 4.99. The highest BCUT2D eigenvalue weighted by molar-refractivity contribution is 7.90. The number of ether oxygens (including phenoxy) is 3. The van der Waals surface area contributed by atoms with Gasteiger partial charge in [-0.2, -0.15) is 0 Å². The van der Waals surface area contributed by atoms with Gasteiger partial charge in [-0.05, 0) is 102 Å². The SMILES string of the molecule is CCN(CCNc1cccc2c1CN(C1CCC(=O)NC1=O)C2=O)CCOc1ccc(Oc2c(-c3ccc(S(C)(=O)=O)cc3)ccc3cc(OCc4ccccc4)ccc23)cc1. The van der Waals surface area contributed by atoms with Crippen LogP contribution in [0.3, 0.4) is 0 Å². The van der Waals surface area contributed by atoms with Gasteiger partial charge < -0.3 is 24.4 Å². The van der Waals surface area contributed by atoms with Gasteiger partial charge in [-0.3, -0.25) is 24.6 Å². The average Bonchev–Trinajstić information content (AvgIpc) is 3.61. The van der Waals surface area contributed by atoms with Gasteiger partial charge in [-0.25, -0.2) is 8.42 Å². The van der Waals surface area contributed by atoms with Gasteiger partial charge in [0, 0.05) is 66.6 Å². The molecular formula is C49H48N4O8S. The topological polar surface area (TPSA) is 144 Å². The van der Waals surface area contributed by atoms with Crippen LogP contribution in [-0.4, -0.2) is 81.0 Å². The number of sulfone groups is 1. The Morgan fingerprint density at radius 1 is 0.790 bits per heavy atom. The summed E-state index contributed by atoms with van der Waals surface area (Å²) in [5.74, 6) is 1.75. The van der Waals surface area contributed by atoms with Crippen molar-refractivity contribution in [2.45, 2.75) is 43.9 Å². The standard InChI is InChI=1S/C49H48N4O8S/c1-3-52(27-26-50-44-11-7-10-42-43(44)31-53(49(42)56)45-24-25-46(54)51-48(45)55)28-29-59-36-15-17-37(18-16-36)61-47-40(34-12-20-39(21-13-34)62(2,57)58)22-14-35-30-38(19-23-41(35)47)60-32-33-8-5-4-6-9-33/h4-23,30,45,50H,3,24-29,31-32H2,1-2H3,(H,51,54,55). The first-order valence-electron chi connectivity index (χ1n) is 20.7. The van der Waals surface area contributed by atoms with Crippen LogP contribution in [-0.2, 0) is 32.6 Å². The summed E-state index contributed by atoms with van der Waals surface area (Å²) in [7, 11) is -3.36. The predicted molar refractivity (Wildman–Crippen MR) is 238 cm³/mol. The minimum absolute atomic E-state index is 0.193. The summed E-state index contributed by atoms with van der Waals surface area (Å²) >= 11 is 0. The van der Waals surface area contributed by atoms with E-state index < -0.39 is 21.8 Å². The quantitative estimate of drug-likeness (QED) is 0.0871. The van der Waals surface area contributed by atoms with Crippen molar-refractivity contribution < 1.29 is 37.0 Å². The number of nitrogens with one attached hydrogen (secondary N) is 2. The number of hydrogen-bond donors (Lipinski definition) is 2. The van der Waals surface area contributed by atoms with Crippen LogP contribution in [0.4, 0.5) is 5.69 Å². The fourth-order valence-corrected chi connectivity index (χ4v) is 8.50. The molecule has 1 fully saturated rings. The zero-order valence-corrected chi connectivity index (χ0v) is 35.5. The maximum atomic E-state index is 13.2. The molecule has 2 aliphatic rings. The Morgan fingerprint density at radius 3 is 2.29 bits per heavy atom. The maximum absolute atomic E-state index is 13.2. The summed E-state index contributed by atoms with van der Waals surface area (Å²) < 4.78 is 43.3. The molecule has 0 aliphatic carbocycles. The van der Waals surface area contributed by atoms with Crippen LogP contribution in [0.1, 0.15) is 41.3 Å². The molecule has 6 aromatic carbocycles. The number of nitrogens with zero attached hydrogens (tertiary/aromatic N) is 2. The monoisotopic (exact) mass is 852 g/mol. The number of piperidine rings is 1. The van der Waals surface area contributed by atoms with Crippen LogP contribution in [0.2, 0.25) is 0 Å². The van der Waals surface area contributed by atoms with E-state index in [4.69, 9.17) is 14.2 Å². The van der Waals surface area contributed by atoms with Gasteiger partial charge in [0.15, 0.2) is 9.84 Å². The molecule has 2 N–H and O–H groups in total. The first-order valence-corrected chi connectivity index (χ1v) is 22.6. The molecule has 6 aromatic rings. The van der Waals surface area contributed by atoms with E-state index in [2.05, 4.69) is 22.5 Å². The molecule has 0 spiro atoms. The number of likely N-dealkylation sites (N-methyl/N-ethyl adjacent to an activating group) is 1. The lowest BCUT2D eigenvalue weighted by molar-refractivity contribution is -0.136.